The summed E-state index contributed by atoms with van der Waals surface area (Å²) < 4.78 is 13.5. The van der Waals surface area contributed by atoms with Crippen molar-refractivity contribution in [2.24, 2.45) is 0 Å². The number of halogens is 1. The molecule has 0 saturated carbocycles. The van der Waals surface area contributed by atoms with E-state index in [1.807, 2.05) is 30.3 Å². The zero-order chi connectivity index (χ0) is 11.4. The molecule has 1 radical (unpaired) electrons. The van der Waals surface area contributed by atoms with Gasteiger partial charge < -0.3 is 5.32 Å². The Balaban J connectivity index is 2.08. The number of nitrogens with one attached hydrogen (secondary N) is 1. The molecule has 0 aliphatic carbocycles. The highest BCUT2D eigenvalue weighted by Gasteiger charge is 2.05. The quantitative estimate of drug-likeness (QED) is 0.797. The van der Waals surface area contributed by atoms with Gasteiger partial charge in [0, 0.05) is 18.8 Å². The van der Waals surface area contributed by atoms with Gasteiger partial charge in [0.1, 0.15) is 5.03 Å². The molecule has 0 bridgehead atoms. The molecule has 1 N–H and O–H groups in total. The van der Waals surface area contributed by atoms with Gasteiger partial charge in [-0.05, 0) is 5.56 Å². The minimum Gasteiger partial charge on any atom is -0.378 e. The number of aromatic nitrogens is 1. The zero-order valence-corrected chi connectivity index (χ0v) is 9.34. The smallest absolute Gasteiger partial charge is 0.178 e. The molecule has 1 aromatic heterocycles. The third-order valence-electron chi connectivity index (χ3n) is 2.12. The van der Waals surface area contributed by atoms with Crippen molar-refractivity contribution in [3.8, 4) is 0 Å². The predicted octanol–water partition coefficient (Wildman–Crippen LogP) is 2.92. The van der Waals surface area contributed by atoms with Gasteiger partial charge in [-0.2, -0.15) is 0 Å². The average Bonchev–Trinajstić information content (AvgIpc) is 2.32. The maximum absolute atomic E-state index is 13.5. The van der Waals surface area contributed by atoms with E-state index in [0.717, 1.165) is 5.56 Å². The summed E-state index contributed by atoms with van der Waals surface area (Å²) in [4.78, 5) is 3.69. The lowest BCUT2D eigenvalue weighted by molar-refractivity contribution is 0.591. The van der Waals surface area contributed by atoms with Crippen LogP contribution in [0.15, 0.2) is 41.6 Å². The standard InChI is InChI=1S/C12H10FN2S/c13-11-10(6-7-14-12(11)16)15-8-9-4-2-1-3-5-9/h1-5,7H,8H2,(H2,14,15,16). The molecule has 0 atom stereocenters. The van der Waals surface area contributed by atoms with Crippen molar-refractivity contribution in [2.45, 2.75) is 11.6 Å². The molecule has 0 spiro atoms. The van der Waals surface area contributed by atoms with Crippen LogP contribution >= 0.6 is 12.6 Å². The van der Waals surface area contributed by atoms with Gasteiger partial charge >= 0.3 is 0 Å². The molecule has 1 heterocycles. The van der Waals surface area contributed by atoms with Crippen molar-refractivity contribution in [2.75, 3.05) is 5.32 Å². The molecule has 0 saturated heterocycles. The third kappa shape index (κ3) is 2.52. The van der Waals surface area contributed by atoms with Crippen molar-refractivity contribution in [1.29, 1.82) is 0 Å². The summed E-state index contributed by atoms with van der Waals surface area (Å²) in [5.41, 5.74) is 1.37. The Hall–Kier alpha value is -1.55. The fourth-order valence-corrected chi connectivity index (χ4v) is 1.47. The lowest BCUT2D eigenvalue weighted by Crippen LogP contribution is -2.02. The Morgan fingerprint density at radius 1 is 1.31 bits per heavy atom. The fourth-order valence-electron chi connectivity index (χ4n) is 1.30. The Bertz CT molecular complexity index is 474. The first kappa shape index (κ1) is 11.0. The van der Waals surface area contributed by atoms with Crippen molar-refractivity contribution in [1.82, 2.24) is 4.98 Å². The van der Waals surface area contributed by atoms with E-state index in [9.17, 15) is 4.39 Å². The topological polar surface area (TPSA) is 24.9 Å². The molecule has 0 amide bonds. The maximum Gasteiger partial charge on any atom is 0.178 e. The molecule has 0 aliphatic heterocycles. The molecular formula is C12H10FN2S. The number of pyridine rings is 1. The van der Waals surface area contributed by atoms with Gasteiger partial charge in [-0.15, -0.1) is 12.6 Å². The number of hydrogen-bond acceptors (Lipinski definition) is 3. The highest BCUT2D eigenvalue weighted by molar-refractivity contribution is 7.80. The Kier molecular flexibility index (Phi) is 3.41. The summed E-state index contributed by atoms with van der Waals surface area (Å²) in [6.45, 7) is 0.547. The number of hydrogen-bond donors (Lipinski definition) is 2. The van der Waals surface area contributed by atoms with Crippen molar-refractivity contribution >= 4 is 18.3 Å². The Morgan fingerprint density at radius 3 is 2.81 bits per heavy atom. The van der Waals surface area contributed by atoms with E-state index in [-0.39, 0.29) is 5.03 Å². The third-order valence-corrected chi connectivity index (χ3v) is 2.44. The highest BCUT2D eigenvalue weighted by atomic mass is 32.1. The first-order valence-electron chi connectivity index (χ1n) is 4.80. The van der Waals surface area contributed by atoms with E-state index in [4.69, 9.17) is 0 Å². The second kappa shape index (κ2) is 4.99. The largest absolute Gasteiger partial charge is 0.378 e. The summed E-state index contributed by atoms with van der Waals surface area (Å²) >= 11 is 3.90. The summed E-state index contributed by atoms with van der Waals surface area (Å²) in [6.07, 6.45) is 1.40. The average molecular weight is 233 g/mol. The highest BCUT2D eigenvalue weighted by Crippen LogP contribution is 2.18. The summed E-state index contributed by atoms with van der Waals surface area (Å²) in [5.74, 6) is -0.471. The molecular weight excluding hydrogens is 223 g/mol. The van der Waals surface area contributed by atoms with Gasteiger partial charge in [-0.1, -0.05) is 30.3 Å². The predicted molar refractivity (Wildman–Crippen MR) is 64.1 cm³/mol. The minimum atomic E-state index is -0.471. The summed E-state index contributed by atoms with van der Waals surface area (Å²) in [6, 6.07) is 12.4. The van der Waals surface area contributed by atoms with E-state index in [0.29, 0.717) is 12.2 Å². The van der Waals surface area contributed by atoms with Crippen LogP contribution in [-0.2, 0) is 6.54 Å². The first-order valence-corrected chi connectivity index (χ1v) is 5.25. The number of benzene rings is 1. The Labute approximate surface area is 98.9 Å². The molecule has 2 nitrogen and oxygen atoms in total. The molecule has 0 aliphatic rings. The van der Waals surface area contributed by atoms with Crippen LogP contribution < -0.4 is 5.32 Å². The molecule has 2 aromatic rings. The molecule has 16 heavy (non-hydrogen) atoms. The molecule has 2 rings (SSSR count). The van der Waals surface area contributed by atoms with Crippen LogP contribution in [0.3, 0.4) is 0 Å². The van der Waals surface area contributed by atoms with Crippen LogP contribution in [0, 0.1) is 11.9 Å². The Morgan fingerprint density at radius 2 is 2.06 bits per heavy atom. The van der Waals surface area contributed by atoms with Crippen molar-refractivity contribution < 1.29 is 4.39 Å². The molecule has 0 fully saturated rings. The summed E-state index contributed by atoms with van der Waals surface area (Å²) in [5, 5.41) is 3.03. The van der Waals surface area contributed by atoms with Crippen LogP contribution in [0.25, 0.3) is 0 Å². The first-order chi connectivity index (χ1) is 7.77. The monoisotopic (exact) mass is 233 g/mol. The minimum absolute atomic E-state index is 0.0781. The number of nitrogens with zero attached hydrogens (tertiary/aromatic N) is 1. The zero-order valence-electron chi connectivity index (χ0n) is 8.44. The maximum atomic E-state index is 13.5. The fraction of sp³-hybridized carbons (Fsp3) is 0.0833. The van der Waals surface area contributed by atoms with Gasteiger partial charge in [0.15, 0.2) is 5.82 Å². The van der Waals surface area contributed by atoms with E-state index >= 15 is 0 Å². The second-order valence-electron chi connectivity index (χ2n) is 3.25. The van der Waals surface area contributed by atoms with Gasteiger partial charge in [0.25, 0.3) is 0 Å². The lowest BCUT2D eigenvalue weighted by Gasteiger charge is -2.07. The number of thiol groups is 1. The van der Waals surface area contributed by atoms with Crippen LogP contribution in [0.5, 0.6) is 0 Å². The SMILES string of the molecule is Fc1c(NCc2ccccc2)[c]cnc1S. The van der Waals surface area contributed by atoms with E-state index < -0.39 is 5.82 Å². The molecule has 4 heteroatoms. The molecule has 0 unspecified atom stereocenters. The van der Waals surface area contributed by atoms with Crippen LogP contribution in [-0.4, -0.2) is 4.98 Å². The van der Waals surface area contributed by atoms with E-state index in [1.165, 1.54) is 6.20 Å². The van der Waals surface area contributed by atoms with Crippen molar-refractivity contribution in [3.05, 3.63) is 54.0 Å². The van der Waals surface area contributed by atoms with Crippen molar-refractivity contribution in [3.63, 3.8) is 0 Å². The van der Waals surface area contributed by atoms with E-state index in [2.05, 4.69) is 29.0 Å². The lowest BCUT2D eigenvalue weighted by atomic mass is 10.2. The van der Waals surface area contributed by atoms with Crippen LogP contribution in [0.1, 0.15) is 5.56 Å². The summed E-state index contributed by atoms with van der Waals surface area (Å²) in [7, 11) is 0. The normalized spacial score (nSPS) is 10.1. The molecule has 1 aromatic carbocycles. The van der Waals surface area contributed by atoms with Crippen LogP contribution in [0.2, 0.25) is 0 Å². The number of anilines is 1. The van der Waals surface area contributed by atoms with Gasteiger partial charge in [0.05, 0.1) is 5.69 Å². The molecule has 81 valence electrons. The van der Waals surface area contributed by atoms with Gasteiger partial charge in [0.2, 0.25) is 0 Å². The van der Waals surface area contributed by atoms with E-state index in [1.54, 1.807) is 0 Å². The second-order valence-corrected chi connectivity index (χ2v) is 3.68. The number of rotatable bonds is 3. The van der Waals surface area contributed by atoms with Gasteiger partial charge in [-0.3, -0.25) is 0 Å². The van der Waals surface area contributed by atoms with Gasteiger partial charge in [-0.25, -0.2) is 9.37 Å². The van der Waals surface area contributed by atoms with Crippen LogP contribution in [0.4, 0.5) is 10.1 Å².